The summed E-state index contributed by atoms with van der Waals surface area (Å²) in [5.41, 5.74) is 0. The van der Waals surface area contributed by atoms with Crippen molar-refractivity contribution in [2.75, 3.05) is 40.8 Å². The lowest BCUT2D eigenvalue weighted by molar-refractivity contribution is 0.227. The van der Waals surface area contributed by atoms with Crippen molar-refractivity contribution in [3.05, 3.63) is 0 Å². The molecule has 0 heterocycles. The van der Waals surface area contributed by atoms with Crippen LogP contribution in [0.5, 0.6) is 0 Å². The van der Waals surface area contributed by atoms with Gasteiger partial charge in [0.05, 0.1) is 0 Å². The van der Waals surface area contributed by atoms with Crippen LogP contribution in [0.4, 0.5) is 0 Å². The molecular formula is C12H28N2. The van der Waals surface area contributed by atoms with Crippen molar-refractivity contribution >= 4 is 0 Å². The molecule has 0 aliphatic heterocycles. The highest BCUT2D eigenvalue weighted by Crippen LogP contribution is 2.06. The maximum absolute atomic E-state index is 2.47. The van der Waals surface area contributed by atoms with Crippen LogP contribution in [0, 0.1) is 5.92 Å². The van der Waals surface area contributed by atoms with Crippen LogP contribution in [0.15, 0.2) is 0 Å². The Labute approximate surface area is 90.3 Å². The summed E-state index contributed by atoms with van der Waals surface area (Å²) >= 11 is 0. The summed E-state index contributed by atoms with van der Waals surface area (Å²) in [6.07, 6.45) is 3.92. The summed E-state index contributed by atoms with van der Waals surface area (Å²) in [5, 5.41) is 0. The third-order valence-electron chi connectivity index (χ3n) is 2.66. The summed E-state index contributed by atoms with van der Waals surface area (Å²) in [7, 11) is 6.57. The van der Waals surface area contributed by atoms with Gasteiger partial charge in [-0.05, 0) is 40.0 Å². The van der Waals surface area contributed by atoms with E-state index >= 15 is 0 Å². The minimum atomic E-state index is 0.826. The Morgan fingerprint density at radius 3 is 2.07 bits per heavy atom. The number of nitrogens with zero attached hydrogens (tertiary/aromatic N) is 2. The lowest BCUT2D eigenvalue weighted by Crippen LogP contribution is -2.32. The van der Waals surface area contributed by atoms with Crippen molar-refractivity contribution in [3.63, 3.8) is 0 Å². The molecule has 0 aliphatic rings. The molecule has 0 amide bonds. The first-order valence-electron chi connectivity index (χ1n) is 5.93. The van der Waals surface area contributed by atoms with Crippen LogP contribution in [-0.2, 0) is 0 Å². The second kappa shape index (κ2) is 8.25. The van der Waals surface area contributed by atoms with Crippen molar-refractivity contribution < 1.29 is 0 Å². The van der Waals surface area contributed by atoms with E-state index in [4.69, 9.17) is 0 Å². The molecule has 0 aromatic carbocycles. The SMILES string of the molecule is CCCCN(C)CC(CC)CN(C)C. The zero-order valence-electron chi connectivity index (χ0n) is 10.7. The molecule has 0 saturated heterocycles. The van der Waals surface area contributed by atoms with Crippen LogP contribution in [0.3, 0.4) is 0 Å². The molecule has 86 valence electrons. The molecule has 0 fully saturated rings. The molecule has 0 aliphatic carbocycles. The van der Waals surface area contributed by atoms with Crippen LogP contribution in [0.1, 0.15) is 33.1 Å². The summed E-state index contributed by atoms with van der Waals surface area (Å²) < 4.78 is 0. The Hall–Kier alpha value is -0.0800. The first kappa shape index (κ1) is 13.9. The van der Waals surface area contributed by atoms with Crippen molar-refractivity contribution in [1.29, 1.82) is 0 Å². The van der Waals surface area contributed by atoms with Crippen molar-refractivity contribution in [1.82, 2.24) is 9.80 Å². The molecule has 0 aromatic heterocycles. The van der Waals surface area contributed by atoms with Crippen LogP contribution >= 0.6 is 0 Å². The number of hydrogen-bond donors (Lipinski definition) is 0. The molecule has 0 radical (unpaired) electrons. The van der Waals surface area contributed by atoms with E-state index in [0.717, 1.165) is 5.92 Å². The van der Waals surface area contributed by atoms with Crippen molar-refractivity contribution in [2.24, 2.45) is 5.92 Å². The minimum absolute atomic E-state index is 0.826. The molecule has 0 spiro atoms. The van der Waals surface area contributed by atoms with E-state index in [9.17, 15) is 0 Å². The smallest absolute Gasteiger partial charge is 0.00187 e. The normalized spacial score (nSPS) is 13.9. The molecule has 0 rings (SSSR count). The largest absolute Gasteiger partial charge is 0.309 e. The topological polar surface area (TPSA) is 6.48 Å². The van der Waals surface area contributed by atoms with E-state index < -0.39 is 0 Å². The Morgan fingerprint density at radius 2 is 1.64 bits per heavy atom. The lowest BCUT2D eigenvalue weighted by atomic mass is 10.1. The fraction of sp³-hybridized carbons (Fsp3) is 1.00. The molecule has 1 unspecified atom stereocenters. The zero-order valence-corrected chi connectivity index (χ0v) is 10.7. The Morgan fingerprint density at radius 1 is 1.00 bits per heavy atom. The fourth-order valence-electron chi connectivity index (χ4n) is 1.79. The first-order valence-corrected chi connectivity index (χ1v) is 5.93. The highest BCUT2D eigenvalue weighted by Gasteiger charge is 2.10. The van der Waals surface area contributed by atoms with E-state index in [-0.39, 0.29) is 0 Å². The molecule has 14 heavy (non-hydrogen) atoms. The van der Waals surface area contributed by atoms with Crippen molar-refractivity contribution in [2.45, 2.75) is 33.1 Å². The quantitative estimate of drug-likeness (QED) is 0.593. The van der Waals surface area contributed by atoms with Gasteiger partial charge in [0.1, 0.15) is 0 Å². The average Bonchev–Trinajstić information content (AvgIpc) is 2.12. The summed E-state index contributed by atoms with van der Waals surface area (Å²) in [6, 6.07) is 0. The van der Waals surface area contributed by atoms with Crippen LogP contribution in [0.25, 0.3) is 0 Å². The molecule has 0 saturated carbocycles. The summed E-state index contributed by atoms with van der Waals surface area (Å²) in [6.45, 7) is 8.26. The molecule has 2 heteroatoms. The standard InChI is InChI=1S/C12H28N2/c1-6-8-9-14(5)11-12(7-2)10-13(3)4/h12H,6-11H2,1-5H3. The molecule has 0 aromatic rings. The Bertz CT molecular complexity index is 123. The molecule has 0 N–H and O–H groups in total. The van der Waals surface area contributed by atoms with Gasteiger partial charge in [-0.3, -0.25) is 0 Å². The van der Waals surface area contributed by atoms with Gasteiger partial charge >= 0.3 is 0 Å². The van der Waals surface area contributed by atoms with Crippen LogP contribution < -0.4 is 0 Å². The predicted octanol–water partition coefficient (Wildman–Crippen LogP) is 2.31. The van der Waals surface area contributed by atoms with Gasteiger partial charge < -0.3 is 9.80 Å². The van der Waals surface area contributed by atoms with Gasteiger partial charge in [0.25, 0.3) is 0 Å². The van der Waals surface area contributed by atoms with Gasteiger partial charge in [-0.25, -0.2) is 0 Å². The summed E-state index contributed by atoms with van der Waals surface area (Å²) in [4.78, 5) is 4.77. The molecule has 1 atom stereocenters. The summed E-state index contributed by atoms with van der Waals surface area (Å²) in [5.74, 6) is 0.826. The van der Waals surface area contributed by atoms with Gasteiger partial charge in [0, 0.05) is 13.1 Å². The maximum atomic E-state index is 2.47. The second-order valence-electron chi connectivity index (χ2n) is 4.65. The number of rotatable bonds is 8. The van der Waals surface area contributed by atoms with Crippen molar-refractivity contribution in [3.8, 4) is 0 Å². The lowest BCUT2D eigenvalue weighted by Gasteiger charge is -2.25. The highest BCUT2D eigenvalue weighted by molar-refractivity contribution is 4.64. The van der Waals surface area contributed by atoms with Crippen LogP contribution in [0.2, 0.25) is 0 Å². The average molecular weight is 200 g/mol. The number of hydrogen-bond acceptors (Lipinski definition) is 2. The van der Waals surface area contributed by atoms with E-state index in [1.54, 1.807) is 0 Å². The predicted molar refractivity (Wildman–Crippen MR) is 64.7 cm³/mol. The molecule has 2 nitrogen and oxygen atoms in total. The third-order valence-corrected chi connectivity index (χ3v) is 2.66. The first-order chi connectivity index (χ1) is 6.60. The molecular weight excluding hydrogens is 172 g/mol. The van der Waals surface area contributed by atoms with E-state index in [2.05, 4.69) is 44.8 Å². The van der Waals surface area contributed by atoms with E-state index in [1.165, 1.54) is 38.9 Å². The van der Waals surface area contributed by atoms with Gasteiger partial charge in [0.15, 0.2) is 0 Å². The zero-order chi connectivity index (χ0) is 11.0. The van der Waals surface area contributed by atoms with Crippen LogP contribution in [-0.4, -0.2) is 50.6 Å². The van der Waals surface area contributed by atoms with E-state index in [0.29, 0.717) is 0 Å². The van der Waals surface area contributed by atoms with Gasteiger partial charge in [-0.2, -0.15) is 0 Å². The number of unbranched alkanes of at least 4 members (excludes halogenated alkanes) is 1. The van der Waals surface area contributed by atoms with E-state index in [1.807, 2.05) is 0 Å². The monoisotopic (exact) mass is 200 g/mol. The van der Waals surface area contributed by atoms with Gasteiger partial charge in [-0.15, -0.1) is 0 Å². The minimum Gasteiger partial charge on any atom is -0.309 e. The Balaban J connectivity index is 3.68. The fourth-order valence-corrected chi connectivity index (χ4v) is 1.79. The highest BCUT2D eigenvalue weighted by atomic mass is 15.1. The Kier molecular flexibility index (Phi) is 8.20. The molecule has 0 bridgehead atoms. The second-order valence-corrected chi connectivity index (χ2v) is 4.65. The maximum Gasteiger partial charge on any atom is 0.00187 e. The van der Waals surface area contributed by atoms with Gasteiger partial charge in [0.2, 0.25) is 0 Å². The van der Waals surface area contributed by atoms with Gasteiger partial charge in [-0.1, -0.05) is 26.7 Å². The third kappa shape index (κ3) is 7.34.